The van der Waals surface area contributed by atoms with Gasteiger partial charge in [0.15, 0.2) is 11.6 Å². The Kier molecular flexibility index (Phi) is 7.19. The van der Waals surface area contributed by atoms with Crippen molar-refractivity contribution < 1.29 is 22.7 Å². The number of ketones is 1. The highest BCUT2D eigenvalue weighted by Gasteiger charge is 2.32. The maximum atomic E-state index is 13.1. The molecule has 3 aromatic rings. The van der Waals surface area contributed by atoms with Crippen molar-refractivity contribution in [2.45, 2.75) is 58.4 Å². The SMILES string of the molecule is Cc1cc(CC(=O)c2cnn(-c3ccc(C(F)(F)F)cn3)c2C)cnc1C1=CCN(C2CCOC2C)CC1. The third-order valence-electron chi connectivity index (χ3n) is 7.45. The summed E-state index contributed by atoms with van der Waals surface area (Å²) in [7, 11) is 0. The monoisotopic (exact) mass is 525 g/mol. The van der Waals surface area contributed by atoms with E-state index in [9.17, 15) is 18.0 Å². The van der Waals surface area contributed by atoms with Crippen LogP contribution in [0.15, 0.2) is 42.9 Å². The normalized spacial score (nSPS) is 20.5. The molecule has 200 valence electrons. The quantitative estimate of drug-likeness (QED) is 0.423. The van der Waals surface area contributed by atoms with Gasteiger partial charge in [0.05, 0.1) is 34.8 Å². The second kappa shape index (κ2) is 10.4. The molecule has 38 heavy (non-hydrogen) atoms. The average Bonchev–Trinajstić information content (AvgIpc) is 3.49. The van der Waals surface area contributed by atoms with Crippen molar-refractivity contribution in [3.63, 3.8) is 0 Å². The Morgan fingerprint density at radius 2 is 1.97 bits per heavy atom. The molecule has 1 saturated heterocycles. The Balaban J connectivity index is 1.26. The molecule has 0 aliphatic carbocycles. The van der Waals surface area contributed by atoms with Gasteiger partial charge in [0.1, 0.15) is 0 Å². The third kappa shape index (κ3) is 5.28. The van der Waals surface area contributed by atoms with Gasteiger partial charge in [-0.25, -0.2) is 9.67 Å². The number of aryl methyl sites for hydroxylation is 1. The van der Waals surface area contributed by atoms with Crippen LogP contribution in [0.4, 0.5) is 13.2 Å². The van der Waals surface area contributed by atoms with Crippen molar-refractivity contribution in [3.8, 4) is 5.82 Å². The highest BCUT2D eigenvalue weighted by Crippen LogP contribution is 2.30. The van der Waals surface area contributed by atoms with Gasteiger partial charge in [0, 0.05) is 44.6 Å². The molecule has 1 fully saturated rings. The molecule has 0 saturated carbocycles. The fourth-order valence-corrected chi connectivity index (χ4v) is 5.34. The summed E-state index contributed by atoms with van der Waals surface area (Å²) < 4.78 is 45.6. The first-order valence-corrected chi connectivity index (χ1v) is 12.7. The smallest absolute Gasteiger partial charge is 0.377 e. The van der Waals surface area contributed by atoms with Gasteiger partial charge in [-0.2, -0.15) is 18.3 Å². The number of carbonyl (C=O) groups excluding carboxylic acids is 1. The molecule has 2 unspecified atom stereocenters. The summed E-state index contributed by atoms with van der Waals surface area (Å²) >= 11 is 0. The zero-order chi connectivity index (χ0) is 27.0. The zero-order valence-electron chi connectivity index (χ0n) is 21.6. The van der Waals surface area contributed by atoms with Crippen LogP contribution in [0.2, 0.25) is 0 Å². The van der Waals surface area contributed by atoms with Gasteiger partial charge in [-0.3, -0.25) is 14.7 Å². The van der Waals surface area contributed by atoms with Crippen LogP contribution in [0.5, 0.6) is 0 Å². The molecule has 0 radical (unpaired) electrons. The topological polar surface area (TPSA) is 73.1 Å². The van der Waals surface area contributed by atoms with Crippen LogP contribution >= 0.6 is 0 Å². The summed E-state index contributed by atoms with van der Waals surface area (Å²) in [6.07, 6.45) is 4.13. The molecule has 2 aliphatic rings. The predicted octanol–water partition coefficient (Wildman–Crippen LogP) is 4.99. The van der Waals surface area contributed by atoms with Crippen LogP contribution in [-0.4, -0.2) is 62.3 Å². The van der Waals surface area contributed by atoms with Gasteiger partial charge in [0.25, 0.3) is 0 Å². The minimum absolute atomic E-state index is 0.143. The van der Waals surface area contributed by atoms with Crippen LogP contribution in [0.1, 0.15) is 58.2 Å². The standard InChI is InChI=1S/C28H30F3N5O2/c1-17-12-20(14-33-27(17)21-6-9-35(10-7-21)24-8-11-38-19(24)3)13-25(37)23-16-34-36(18(23)2)26-5-4-22(15-32-26)28(29,30)31/h4-6,12,14-16,19,24H,7-11,13H2,1-3H3. The Morgan fingerprint density at radius 1 is 1.16 bits per heavy atom. The van der Waals surface area contributed by atoms with Crippen molar-refractivity contribution >= 4 is 11.4 Å². The first-order valence-electron chi connectivity index (χ1n) is 12.7. The number of carbonyl (C=O) groups is 1. The lowest BCUT2D eigenvalue weighted by Crippen LogP contribution is -2.42. The number of aromatic nitrogens is 4. The second-order valence-electron chi connectivity index (χ2n) is 9.97. The number of Topliss-reactive ketones (excluding diaryl/α,β-unsaturated/α-hetero) is 1. The van der Waals surface area contributed by atoms with Crippen molar-refractivity contribution in [1.82, 2.24) is 24.6 Å². The van der Waals surface area contributed by atoms with Gasteiger partial charge >= 0.3 is 6.18 Å². The van der Waals surface area contributed by atoms with E-state index in [-0.39, 0.29) is 24.1 Å². The number of alkyl halides is 3. The molecule has 0 amide bonds. The largest absolute Gasteiger partial charge is 0.417 e. The predicted molar refractivity (Wildman–Crippen MR) is 136 cm³/mol. The molecule has 0 aromatic carbocycles. The molecule has 5 heterocycles. The van der Waals surface area contributed by atoms with Crippen molar-refractivity contribution in [1.29, 1.82) is 0 Å². The van der Waals surface area contributed by atoms with E-state index >= 15 is 0 Å². The van der Waals surface area contributed by atoms with Gasteiger partial charge in [-0.1, -0.05) is 12.1 Å². The van der Waals surface area contributed by atoms with E-state index in [2.05, 4.69) is 28.0 Å². The van der Waals surface area contributed by atoms with Crippen LogP contribution in [0, 0.1) is 13.8 Å². The fourth-order valence-electron chi connectivity index (χ4n) is 5.34. The van der Waals surface area contributed by atoms with E-state index in [1.54, 1.807) is 13.1 Å². The number of rotatable bonds is 6. The van der Waals surface area contributed by atoms with Gasteiger partial charge < -0.3 is 4.74 Å². The van der Waals surface area contributed by atoms with Crippen LogP contribution < -0.4 is 0 Å². The van der Waals surface area contributed by atoms with E-state index in [0.717, 1.165) is 61.6 Å². The summed E-state index contributed by atoms with van der Waals surface area (Å²) in [5.41, 5.74) is 4.09. The molecule has 3 aromatic heterocycles. The van der Waals surface area contributed by atoms with E-state index in [1.165, 1.54) is 22.5 Å². The Morgan fingerprint density at radius 3 is 2.58 bits per heavy atom. The van der Waals surface area contributed by atoms with Gasteiger partial charge in [-0.05, 0) is 62.4 Å². The Hall–Kier alpha value is -3.37. The molecule has 0 N–H and O–H groups in total. The Labute approximate surface area is 219 Å². The van der Waals surface area contributed by atoms with Crippen molar-refractivity contribution in [2.24, 2.45) is 0 Å². The van der Waals surface area contributed by atoms with Crippen LogP contribution in [0.3, 0.4) is 0 Å². The minimum atomic E-state index is -4.47. The maximum absolute atomic E-state index is 13.1. The molecule has 2 aliphatic heterocycles. The third-order valence-corrected chi connectivity index (χ3v) is 7.45. The summed E-state index contributed by atoms with van der Waals surface area (Å²) in [6.45, 7) is 8.53. The molecule has 7 nitrogen and oxygen atoms in total. The number of pyridine rings is 2. The lowest BCUT2D eigenvalue weighted by molar-refractivity contribution is -0.137. The first-order chi connectivity index (χ1) is 18.1. The lowest BCUT2D eigenvalue weighted by atomic mass is 9.97. The number of hydrogen-bond acceptors (Lipinski definition) is 6. The highest BCUT2D eigenvalue weighted by molar-refractivity contribution is 5.98. The lowest BCUT2D eigenvalue weighted by Gasteiger charge is -2.33. The summed E-state index contributed by atoms with van der Waals surface area (Å²) in [6, 6.07) is 4.66. The van der Waals surface area contributed by atoms with Crippen molar-refractivity contribution in [3.05, 3.63) is 76.5 Å². The number of ether oxygens (including phenoxy) is 1. The number of nitrogens with zero attached hydrogens (tertiary/aromatic N) is 5. The molecule has 0 spiro atoms. The molecule has 5 rings (SSSR count). The minimum Gasteiger partial charge on any atom is -0.377 e. The number of hydrogen-bond donors (Lipinski definition) is 0. The fraction of sp³-hybridized carbons (Fsp3) is 0.429. The van der Waals surface area contributed by atoms with E-state index in [0.29, 0.717) is 17.3 Å². The second-order valence-corrected chi connectivity index (χ2v) is 9.97. The highest BCUT2D eigenvalue weighted by atomic mass is 19.4. The zero-order valence-corrected chi connectivity index (χ0v) is 21.6. The number of halogens is 3. The van der Waals surface area contributed by atoms with Crippen LogP contribution in [-0.2, 0) is 17.3 Å². The molecular formula is C28H30F3N5O2. The molecular weight excluding hydrogens is 495 g/mol. The average molecular weight is 526 g/mol. The Bertz CT molecular complexity index is 1360. The molecule has 0 bridgehead atoms. The van der Waals surface area contributed by atoms with Gasteiger partial charge in [0.2, 0.25) is 0 Å². The van der Waals surface area contributed by atoms with Crippen molar-refractivity contribution in [2.75, 3.05) is 19.7 Å². The van der Waals surface area contributed by atoms with Gasteiger partial charge in [-0.15, -0.1) is 0 Å². The van der Waals surface area contributed by atoms with E-state index in [1.807, 2.05) is 13.0 Å². The van der Waals surface area contributed by atoms with E-state index < -0.39 is 11.7 Å². The van der Waals surface area contributed by atoms with Crippen LogP contribution in [0.25, 0.3) is 11.4 Å². The van der Waals surface area contributed by atoms with E-state index in [4.69, 9.17) is 9.72 Å². The summed E-state index contributed by atoms with van der Waals surface area (Å²) in [5.74, 6) is 0.0701. The summed E-state index contributed by atoms with van der Waals surface area (Å²) in [4.78, 5) is 24.1. The molecule has 2 atom stereocenters. The first kappa shape index (κ1) is 26.2. The summed E-state index contributed by atoms with van der Waals surface area (Å²) in [5, 5.41) is 4.19. The molecule has 10 heteroatoms. The maximum Gasteiger partial charge on any atom is 0.417 e.